The summed E-state index contributed by atoms with van der Waals surface area (Å²) < 4.78 is 10.4. The first-order valence-electron chi connectivity index (χ1n) is 6.04. The lowest BCUT2D eigenvalue weighted by molar-refractivity contribution is -0.123. The van der Waals surface area contributed by atoms with Gasteiger partial charge in [-0.25, -0.2) is 0 Å². The number of nitrogens with one attached hydrogen (secondary N) is 1. The van der Waals surface area contributed by atoms with E-state index < -0.39 is 0 Å². The Labute approximate surface area is 117 Å². The van der Waals surface area contributed by atoms with Gasteiger partial charge in [0, 0.05) is 12.1 Å². The number of rotatable bonds is 7. The second-order valence-electron chi connectivity index (χ2n) is 3.97. The maximum Gasteiger partial charge on any atom is 0.257 e. The molecule has 0 aliphatic heterocycles. The number of nitriles is 1. The van der Waals surface area contributed by atoms with Gasteiger partial charge in [0.05, 0.1) is 19.6 Å². The van der Waals surface area contributed by atoms with Gasteiger partial charge in [-0.15, -0.1) is 0 Å². The highest BCUT2D eigenvalue weighted by Crippen LogP contribution is 2.28. The lowest BCUT2D eigenvalue weighted by Gasteiger charge is -2.11. The third kappa shape index (κ3) is 4.61. The molecule has 6 heteroatoms. The predicted molar refractivity (Wildman–Crippen MR) is 71.7 cm³/mol. The molecule has 0 spiro atoms. The molecule has 1 aromatic carbocycles. The number of hydrogen-bond acceptors (Lipinski definition) is 5. The quantitative estimate of drug-likeness (QED) is 0.599. The molecule has 0 unspecified atom stereocenters. The fourth-order valence-corrected chi connectivity index (χ4v) is 1.46. The monoisotopic (exact) mass is 276 g/mol. The number of amides is 1. The highest BCUT2D eigenvalue weighted by Gasteiger charge is 2.10. The fraction of sp³-hybridized carbons (Fsp3) is 0.357. The van der Waals surface area contributed by atoms with Gasteiger partial charge in [-0.1, -0.05) is 0 Å². The van der Waals surface area contributed by atoms with Crippen LogP contribution < -0.4 is 14.8 Å². The van der Waals surface area contributed by atoms with Crippen LogP contribution in [0.1, 0.15) is 23.7 Å². The van der Waals surface area contributed by atoms with Gasteiger partial charge in [-0.2, -0.15) is 5.26 Å². The Balaban J connectivity index is 2.62. The molecule has 0 fully saturated rings. The molecule has 1 N–H and O–H groups in total. The normalized spacial score (nSPS) is 9.45. The first-order valence-corrected chi connectivity index (χ1v) is 6.04. The van der Waals surface area contributed by atoms with Crippen molar-refractivity contribution in [3.05, 3.63) is 23.8 Å². The molecule has 1 aromatic rings. The number of ketones is 1. The van der Waals surface area contributed by atoms with Crippen LogP contribution in [0.5, 0.6) is 11.5 Å². The molecular weight excluding hydrogens is 260 g/mol. The summed E-state index contributed by atoms with van der Waals surface area (Å²) in [6.07, 6.45) is 0.252. The van der Waals surface area contributed by atoms with Crippen molar-refractivity contribution in [2.24, 2.45) is 0 Å². The summed E-state index contributed by atoms with van der Waals surface area (Å²) in [5.41, 5.74) is 0.507. The van der Waals surface area contributed by atoms with E-state index in [-0.39, 0.29) is 24.7 Å². The van der Waals surface area contributed by atoms with Crippen LogP contribution in [0, 0.1) is 11.3 Å². The predicted octanol–water partition coefficient (Wildman–Crippen LogP) is 1.31. The van der Waals surface area contributed by atoms with E-state index in [1.165, 1.54) is 14.0 Å². The van der Waals surface area contributed by atoms with E-state index in [0.29, 0.717) is 23.6 Å². The molecule has 0 bridgehead atoms. The third-order valence-corrected chi connectivity index (χ3v) is 2.49. The number of methoxy groups -OCH3 is 1. The Hall–Kier alpha value is -2.55. The fourth-order valence-electron chi connectivity index (χ4n) is 1.46. The smallest absolute Gasteiger partial charge is 0.257 e. The average Bonchev–Trinajstić information content (AvgIpc) is 2.45. The largest absolute Gasteiger partial charge is 0.493 e. The van der Waals surface area contributed by atoms with Crippen molar-refractivity contribution in [3.63, 3.8) is 0 Å². The Morgan fingerprint density at radius 1 is 1.35 bits per heavy atom. The molecule has 0 heterocycles. The summed E-state index contributed by atoms with van der Waals surface area (Å²) in [4.78, 5) is 22.7. The first-order chi connectivity index (χ1) is 9.58. The molecule has 0 aliphatic rings. The van der Waals surface area contributed by atoms with Gasteiger partial charge < -0.3 is 14.8 Å². The van der Waals surface area contributed by atoms with E-state index in [2.05, 4.69) is 5.32 Å². The van der Waals surface area contributed by atoms with Crippen molar-refractivity contribution in [1.82, 2.24) is 5.32 Å². The molecule has 0 saturated carbocycles. The molecular formula is C14H16N2O4. The van der Waals surface area contributed by atoms with Gasteiger partial charge in [-0.3, -0.25) is 9.59 Å². The Kier molecular flexibility index (Phi) is 6.04. The van der Waals surface area contributed by atoms with Crippen LogP contribution in [0.4, 0.5) is 0 Å². The zero-order valence-electron chi connectivity index (χ0n) is 11.4. The van der Waals surface area contributed by atoms with Crippen LogP contribution in [0.3, 0.4) is 0 Å². The van der Waals surface area contributed by atoms with E-state index in [9.17, 15) is 9.59 Å². The van der Waals surface area contributed by atoms with E-state index in [4.69, 9.17) is 14.7 Å². The third-order valence-electron chi connectivity index (χ3n) is 2.49. The minimum atomic E-state index is -0.321. The van der Waals surface area contributed by atoms with E-state index >= 15 is 0 Å². The van der Waals surface area contributed by atoms with Gasteiger partial charge in [0.15, 0.2) is 23.9 Å². The summed E-state index contributed by atoms with van der Waals surface area (Å²) >= 11 is 0. The van der Waals surface area contributed by atoms with Gasteiger partial charge >= 0.3 is 0 Å². The van der Waals surface area contributed by atoms with Gasteiger partial charge in [0.1, 0.15) is 0 Å². The minimum absolute atomic E-state index is 0.0795. The number of hydrogen-bond donors (Lipinski definition) is 1. The number of carbonyl (C=O) groups is 2. The summed E-state index contributed by atoms with van der Waals surface area (Å²) in [7, 11) is 1.46. The zero-order valence-corrected chi connectivity index (χ0v) is 11.4. The molecule has 0 radical (unpaired) electrons. The Bertz CT molecular complexity index is 534. The van der Waals surface area contributed by atoms with Crippen molar-refractivity contribution in [3.8, 4) is 17.6 Å². The van der Waals surface area contributed by atoms with Crippen LogP contribution in [-0.4, -0.2) is 32.0 Å². The van der Waals surface area contributed by atoms with Crippen LogP contribution in [0.2, 0.25) is 0 Å². The van der Waals surface area contributed by atoms with Crippen molar-refractivity contribution in [2.75, 3.05) is 20.3 Å². The highest BCUT2D eigenvalue weighted by molar-refractivity contribution is 5.94. The lowest BCUT2D eigenvalue weighted by atomic mass is 10.1. The first kappa shape index (κ1) is 15.5. The Morgan fingerprint density at radius 2 is 2.10 bits per heavy atom. The van der Waals surface area contributed by atoms with Crippen molar-refractivity contribution < 1.29 is 19.1 Å². The molecule has 0 saturated heterocycles. The van der Waals surface area contributed by atoms with Crippen molar-refractivity contribution in [2.45, 2.75) is 13.3 Å². The molecule has 20 heavy (non-hydrogen) atoms. The minimum Gasteiger partial charge on any atom is -0.493 e. The lowest BCUT2D eigenvalue weighted by Crippen LogP contribution is -2.29. The van der Waals surface area contributed by atoms with E-state index in [1.54, 1.807) is 18.2 Å². The summed E-state index contributed by atoms with van der Waals surface area (Å²) in [6, 6.07) is 6.67. The summed E-state index contributed by atoms with van der Waals surface area (Å²) in [5, 5.41) is 10.9. The number of ether oxygens (including phenoxy) is 2. The standard InChI is InChI=1S/C14H16N2O4/c1-10(17)11-4-5-12(13(8-11)19-2)20-9-14(18)16-7-3-6-15/h4-5,8H,3,7,9H2,1-2H3,(H,16,18). The molecule has 0 aromatic heterocycles. The second kappa shape index (κ2) is 7.79. The van der Waals surface area contributed by atoms with Crippen LogP contribution in [0.25, 0.3) is 0 Å². The summed E-state index contributed by atoms with van der Waals surface area (Å²) in [6.45, 7) is 1.57. The van der Waals surface area contributed by atoms with Crippen molar-refractivity contribution >= 4 is 11.7 Å². The SMILES string of the molecule is COc1cc(C(C)=O)ccc1OCC(=O)NCCC#N. The van der Waals surface area contributed by atoms with Gasteiger partial charge in [0.2, 0.25) is 0 Å². The zero-order chi connectivity index (χ0) is 15.0. The second-order valence-corrected chi connectivity index (χ2v) is 3.97. The number of nitrogens with zero attached hydrogens (tertiary/aromatic N) is 1. The van der Waals surface area contributed by atoms with Gasteiger partial charge in [-0.05, 0) is 25.1 Å². The topological polar surface area (TPSA) is 88.4 Å². The van der Waals surface area contributed by atoms with E-state index in [1.807, 2.05) is 6.07 Å². The van der Waals surface area contributed by atoms with Gasteiger partial charge in [0.25, 0.3) is 5.91 Å². The number of benzene rings is 1. The molecule has 0 atom stereocenters. The maximum atomic E-state index is 11.4. The maximum absolute atomic E-state index is 11.4. The molecule has 0 aliphatic carbocycles. The molecule has 1 amide bonds. The summed E-state index contributed by atoms with van der Waals surface area (Å²) in [5.74, 6) is 0.373. The average molecular weight is 276 g/mol. The number of carbonyl (C=O) groups excluding carboxylic acids is 2. The highest BCUT2D eigenvalue weighted by atomic mass is 16.5. The van der Waals surface area contributed by atoms with E-state index in [0.717, 1.165) is 0 Å². The molecule has 6 nitrogen and oxygen atoms in total. The van der Waals surface area contributed by atoms with Crippen LogP contribution >= 0.6 is 0 Å². The Morgan fingerprint density at radius 3 is 2.70 bits per heavy atom. The van der Waals surface area contributed by atoms with Crippen molar-refractivity contribution in [1.29, 1.82) is 5.26 Å². The molecule has 1 rings (SSSR count). The van der Waals surface area contributed by atoms with Crippen LogP contribution in [-0.2, 0) is 4.79 Å². The number of Topliss-reactive ketones (excluding diaryl/α,β-unsaturated/α-hetero) is 1. The molecule has 106 valence electrons. The van der Waals surface area contributed by atoms with Crippen LogP contribution in [0.15, 0.2) is 18.2 Å².